The van der Waals surface area contributed by atoms with Crippen molar-refractivity contribution in [2.45, 2.75) is 63.4 Å². The van der Waals surface area contributed by atoms with E-state index in [4.69, 9.17) is 20.5 Å². The van der Waals surface area contributed by atoms with Crippen molar-refractivity contribution < 1.29 is 19.6 Å². The number of carbonyl (C=O) groups is 1. The van der Waals surface area contributed by atoms with Gasteiger partial charge >= 0.3 is 13.1 Å². The van der Waals surface area contributed by atoms with Gasteiger partial charge in [0, 0.05) is 6.04 Å². The van der Waals surface area contributed by atoms with Crippen LogP contribution in [0.4, 0.5) is 0 Å². The van der Waals surface area contributed by atoms with Crippen molar-refractivity contribution in [3.63, 3.8) is 0 Å². The Morgan fingerprint density at radius 1 is 1.32 bits per heavy atom. The van der Waals surface area contributed by atoms with Gasteiger partial charge in [-0.05, 0) is 38.4 Å². The predicted octanol–water partition coefficient (Wildman–Crippen LogP) is 1.29. The highest BCUT2D eigenvalue weighted by Gasteiger charge is 2.20. The average molecular weight is 316 g/mol. The lowest BCUT2D eigenvalue weighted by molar-refractivity contribution is -0.149. The molecule has 1 saturated carbocycles. The summed E-state index contributed by atoms with van der Waals surface area (Å²) in [6, 6.07) is -0.248. The van der Waals surface area contributed by atoms with Crippen molar-refractivity contribution in [3.8, 4) is 0 Å². The number of ether oxygens (including phenoxy) is 1. The summed E-state index contributed by atoms with van der Waals surface area (Å²) in [5, 5.41) is 17.3. The summed E-state index contributed by atoms with van der Waals surface area (Å²) >= 11 is 0. The summed E-state index contributed by atoms with van der Waals surface area (Å²) in [5.41, 5.74) is 5.77. The number of hydrogen-bond donors (Lipinski definition) is 3. The molecule has 0 aliphatic heterocycles. The molecule has 0 bridgehead atoms. The zero-order chi connectivity index (χ0) is 12.7. The number of hydrogen-bond acceptors (Lipinski definition) is 5. The van der Waals surface area contributed by atoms with Crippen LogP contribution in [0.5, 0.6) is 0 Å². The van der Waals surface area contributed by atoms with E-state index in [9.17, 15) is 4.79 Å². The maximum absolute atomic E-state index is 11.5. The van der Waals surface area contributed by atoms with Gasteiger partial charge in [0.1, 0.15) is 6.10 Å². The molecule has 0 aromatic rings. The second kappa shape index (κ2) is 11.8. The van der Waals surface area contributed by atoms with Crippen molar-refractivity contribution in [3.05, 3.63) is 0 Å². The monoisotopic (exact) mass is 315 g/mol. The quantitative estimate of drug-likeness (QED) is 0.486. The molecule has 4 N–H and O–H groups in total. The predicted molar refractivity (Wildman–Crippen MR) is 79.7 cm³/mol. The lowest BCUT2D eigenvalue weighted by Crippen LogP contribution is -2.27. The van der Waals surface area contributed by atoms with E-state index < -0.39 is 7.12 Å². The Balaban J connectivity index is 0. The molecule has 0 heterocycles. The molecular weight excluding hydrogens is 292 g/mol. The summed E-state index contributed by atoms with van der Waals surface area (Å²) in [6.45, 7) is 0. The van der Waals surface area contributed by atoms with Gasteiger partial charge in [-0.3, -0.25) is 4.79 Å². The molecule has 19 heavy (non-hydrogen) atoms. The molecule has 1 fully saturated rings. The summed E-state index contributed by atoms with van der Waals surface area (Å²) in [4.78, 5) is 11.5. The molecule has 1 rings (SSSR count). The van der Waals surface area contributed by atoms with Gasteiger partial charge in [-0.25, -0.2) is 0 Å². The molecule has 114 valence electrons. The SMILES string of the molecule is Cl.Cl.NC(CCCB(O)O)CC(=O)OC1CCCC1. The van der Waals surface area contributed by atoms with Crippen molar-refractivity contribution in [2.75, 3.05) is 0 Å². The Labute approximate surface area is 127 Å². The zero-order valence-corrected chi connectivity index (χ0v) is 12.6. The van der Waals surface area contributed by atoms with Crippen LogP contribution >= 0.6 is 24.8 Å². The molecule has 0 aromatic heterocycles. The van der Waals surface area contributed by atoms with Gasteiger partial charge in [-0.2, -0.15) is 0 Å². The van der Waals surface area contributed by atoms with Crippen LogP contribution in [0.2, 0.25) is 6.32 Å². The van der Waals surface area contributed by atoms with Crippen molar-refractivity contribution in [1.29, 1.82) is 0 Å². The maximum Gasteiger partial charge on any atom is 0.451 e. The third-order valence-corrected chi connectivity index (χ3v) is 3.07. The van der Waals surface area contributed by atoms with Crippen LogP contribution in [-0.4, -0.2) is 35.3 Å². The first-order chi connectivity index (χ1) is 8.08. The minimum atomic E-state index is -1.28. The summed E-state index contributed by atoms with van der Waals surface area (Å²) in [5.74, 6) is -0.228. The van der Waals surface area contributed by atoms with Gasteiger partial charge in [-0.15, -0.1) is 24.8 Å². The van der Waals surface area contributed by atoms with Gasteiger partial charge in [-0.1, -0.05) is 6.42 Å². The fourth-order valence-electron chi connectivity index (χ4n) is 2.12. The Hall–Kier alpha value is -0.00506. The van der Waals surface area contributed by atoms with Gasteiger partial charge in [0.15, 0.2) is 0 Å². The highest BCUT2D eigenvalue weighted by Crippen LogP contribution is 2.21. The average Bonchev–Trinajstić information content (AvgIpc) is 2.69. The molecule has 0 radical (unpaired) electrons. The molecule has 1 aliphatic carbocycles. The fourth-order valence-corrected chi connectivity index (χ4v) is 2.12. The van der Waals surface area contributed by atoms with E-state index in [1.54, 1.807) is 0 Å². The number of esters is 1. The smallest absolute Gasteiger partial charge is 0.451 e. The standard InChI is InChI=1S/C11H22BNO4.2ClH/c13-9(4-3-7-12(15)16)8-11(14)17-10-5-1-2-6-10;;/h9-10,15-16H,1-8,13H2;2*1H. The van der Waals surface area contributed by atoms with Crippen LogP contribution in [0.3, 0.4) is 0 Å². The number of nitrogens with two attached hydrogens (primary N) is 1. The first-order valence-corrected chi connectivity index (χ1v) is 6.39. The third-order valence-electron chi connectivity index (χ3n) is 3.07. The van der Waals surface area contributed by atoms with Crippen molar-refractivity contribution >= 4 is 37.9 Å². The van der Waals surface area contributed by atoms with Crippen LogP contribution in [0.1, 0.15) is 44.9 Å². The topological polar surface area (TPSA) is 92.8 Å². The van der Waals surface area contributed by atoms with Gasteiger partial charge in [0.05, 0.1) is 6.42 Å². The summed E-state index contributed by atoms with van der Waals surface area (Å²) < 4.78 is 5.29. The largest absolute Gasteiger partial charge is 0.462 e. The van der Waals surface area contributed by atoms with E-state index in [-0.39, 0.29) is 49.4 Å². The molecule has 1 aliphatic rings. The molecule has 0 spiro atoms. The van der Waals surface area contributed by atoms with Crippen LogP contribution in [-0.2, 0) is 9.53 Å². The Bertz CT molecular complexity index is 241. The third kappa shape index (κ3) is 10.4. The molecular formula is C11H24BCl2NO4. The van der Waals surface area contributed by atoms with Gasteiger partial charge < -0.3 is 20.5 Å². The van der Waals surface area contributed by atoms with Crippen molar-refractivity contribution in [1.82, 2.24) is 0 Å². The van der Waals surface area contributed by atoms with Gasteiger partial charge in [0.25, 0.3) is 0 Å². The lowest BCUT2D eigenvalue weighted by atomic mass is 9.83. The molecule has 0 amide bonds. The van der Waals surface area contributed by atoms with Crippen LogP contribution in [0.15, 0.2) is 0 Å². The second-order valence-corrected chi connectivity index (χ2v) is 4.77. The van der Waals surface area contributed by atoms with E-state index in [1.807, 2.05) is 0 Å². The van der Waals surface area contributed by atoms with E-state index in [0.29, 0.717) is 19.2 Å². The Morgan fingerprint density at radius 2 is 1.89 bits per heavy atom. The molecule has 1 unspecified atom stereocenters. The minimum absolute atomic E-state index is 0. The Morgan fingerprint density at radius 3 is 2.42 bits per heavy atom. The van der Waals surface area contributed by atoms with Crippen LogP contribution < -0.4 is 5.73 Å². The zero-order valence-electron chi connectivity index (χ0n) is 11.0. The number of halogens is 2. The minimum Gasteiger partial charge on any atom is -0.462 e. The van der Waals surface area contributed by atoms with Crippen molar-refractivity contribution in [2.24, 2.45) is 5.73 Å². The Kier molecular flexibility index (Phi) is 13.2. The fraction of sp³-hybridized carbons (Fsp3) is 0.909. The molecule has 8 heteroatoms. The summed E-state index contributed by atoms with van der Waals surface area (Å²) in [7, 11) is -1.28. The first kappa shape index (κ1) is 21.3. The second-order valence-electron chi connectivity index (χ2n) is 4.77. The highest BCUT2D eigenvalue weighted by molar-refractivity contribution is 6.40. The first-order valence-electron chi connectivity index (χ1n) is 6.39. The maximum atomic E-state index is 11.5. The summed E-state index contributed by atoms with van der Waals surface area (Å²) in [6.07, 6.45) is 6.04. The molecule has 0 saturated heterocycles. The van der Waals surface area contributed by atoms with E-state index >= 15 is 0 Å². The van der Waals surface area contributed by atoms with E-state index in [1.165, 1.54) is 0 Å². The van der Waals surface area contributed by atoms with E-state index in [0.717, 1.165) is 25.7 Å². The normalized spacial score (nSPS) is 16.2. The lowest BCUT2D eigenvalue weighted by Gasteiger charge is -2.14. The molecule has 5 nitrogen and oxygen atoms in total. The van der Waals surface area contributed by atoms with E-state index in [2.05, 4.69) is 0 Å². The van der Waals surface area contributed by atoms with Crippen LogP contribution in [0, 0.1) is 0 Å². The molecule has 1 atom stereocenters. The number of carbonyl (C=O) groups excluding carboxylic acids is 1. The van der Waals surface area contributed by atoms with Gasteiger partial charge in [0.2, 0.25) is 0 Å². The molecule has 0 aromatic carbocycles. The van der Waals surface area contributed by atoms with Crippen LogP contribution in [0.25, 0.3) is 0 Å². The number of rotatable bonds is 7. The highest BCUT2D eigenvalue weighted by atomic mass is 35.5.